The van der Waals surface area contributed by atoms with Crippen molar-refractivity contribution in [3.8, 4) is 0 Å². The molecule has 0 radical (unpaired) electrons. The van der Waals surface area contributed by atoms with Crippen molar-refractivity contribution in [1.29, 1.82) is 0 Å². The Bertz CT molecular complexity index is 473. The van der Waals surface area contributed by atoms with E-state index in [1.54, 1.807) is 4.90 Å². The summed E-state index contributed by atoms with van der Waals surface area (Å²) < 4.78 is 0. The van der Waals surface area contributed by atoms with Crippen LogP contribution in [0.4, 0.5) is 5.69 Å². The van der Waals surface area contributed by atoms with Gasteiger partial charge in [-0.3, -0.25) is 14.9 Å². The number of nitro groups is 1. The molecule has 1 saturated heterocycles. The second-order valence-electron chi connectivity index (χ2n) is 4.80. The highest BCUT2D eigenvalue weighted by Crippen LogP contribution is 2.19. The van der Waals surface area contributed by atoms with E-state index in [0.717, 1.165) is 19.4 Å². The fraction of sp³-hybridized carbons (Fsp3) is 0.462. The first-order valence-corrected chi connectivity index (χ1v) is 6.35. The molecule has 0 saturated carbocycles. The second-order valence-corrected chi connectivity index (χ2v) is 4.80. The lowest BCUT2D eigenvalue weighted by Gasteiger charge is -2.32. The van der Waals surface area contributed by atoms with E-state index in [1.807, 2.05) is 0 Å². The third-order valence-electron chi connectivity index (χ3n) is 3.46. The highest BCUT2D eigenvalue weighted by molar-refractivity contribution is 5.94. The van der Waals surface area contributed by atoms with Crippen LogP contribution >= 0.6 is 0 Å². The molecule has 1 aromatic rings. The maximum absolute atomic E-state index is 12.3. The first-order chi connectivity index (χ1) is 9.11. The van der Waals surface area contributed by atoms with E-state index in [-0.39, 0.29) is 11.6 Å². The first kappa shape index (κ1) is 13.5. The SMILES string of the molecule is NCC1CCCN(C(=O)c2ccc([N+](=O)[O-])cc2)C1. The number of likely N-dealkylation sites (tertiary alicyclic amines) is 1. The van der Waals surface area contributed by atoms with Gasteiger partial charge >= 0.3 is 0 Å². The Morgan fingerprint density at radius 1 is 1.42 bits per heavy atom. The minimum Gasteiger partial charge on any atom is -0.338 e. The number of piperidine rings is 1. The molecule has 1 aliphatic rings. The lowest BCUT2D eigenvalue weighted by molar-refractivity contribution is -0.384. The normalized spacial score (nSPS) is 19.2. The topological polar surface area (TPSA) is 89.5 Å². The molecule has 1 atom stereocenters. The highest BCUT2D eigenvalue weighted by Gasteiger charge is 2.23. The lowest BCUT2D eigenvalue weighted by Crippen LogP contribution is -2.42. The zero-order valence-electron chi connectivity index (χ0n) is 10.6. The molecule has 1 fully saturated rings. The quantitative estimate of drug-likeness (QED) is 0.659. The zero-order chi connectivity index (χ0) is 13.8. The van der Waals surface area contributed by atoms with E-state index in [4.69, 9.17) is 5.73 Å². The summed E-state index contributed by atoms with van der Waals surface area (Å²) in [6.45, 7) is 1.99. The van der Waals surface area contributed by atoms with Crippen LogP contribution in [0.3, 0.4) is 0 Å². The summed E-state index contributed by atoms with van der Waals surface area (Å²) in [7, 11) is 0. The van der Waals surface area contributed by atoms with Crippen LogP contribution in [-0.2, 0) is 0 Å². The number of carbonyl (C=O) groups excluding carboxylic acids is 1. The molecule has 1 aromatic carbocycles. The van der Waals surface area contributed by atoms with Crippen molar-refractivity contribution >= 4 is 11.6 Å². The molecule has 0 bridgehead atoms. The van der Waals surface area contributed by atoms with Crippen LogP contribution in [0.5, 0.6) is 0 Å². The van der Waals surface area contributed by atoms with Gasteiger partial charge in [-0.15, -0.1) is 0 Å². The van der Waals surface area contributed by atoms with Gasteiger partial charge in [0.05, 0.1) is 4.92 Å². The summed E-state index contributed by atoms with van der Waals surface area (Å²) in [4.78, 5) is 24.1. The molecule has 1 amide bonds. The molecule has 2 N–H and O–H groups in total. The van der Waals surface area contributed by atoms with Crippen molar-refractivity contribution < 1.29 is 9.72 Å². The standard InChI is InChI=1S/C13H17N3O3/c14-8-10-2-1-7-15(9-10)13(17)11-3-5-12(6-4-11)16(18)19/h3-6,10H,1-2,7-9,14H2. The number of nitrogens with two attached hydrogens (primary N) is 1. The minimum atomic E-state index is -0.473. The third-order valence-corrected chi connectivity index (χ3v) is 3.46. The number of hydrogen-bond acceptors (Lipinski definition) is 4. The van der Waals surface area contributed by atoms with Crippen molar-refractivity contribution in [2.24, 2.45) is 11.7 Å². The van der Waals surface area contributed by atoms with Crippen LogP contribution in [-0.4, -0.2) is 35.4 Å². The minimum absolute atomic E-state index is 0.00460. The molecule has 6 nitrogen and oxygen atoms in total. The second kappa shape index (κ2) is 5.79. The number of hydrogen-bond donors (Lipinski definition) is 1. The van der Waals surface area contributed by atoms with Crippen LogP contribution in [0.1, 0.15) is 23.2 Å². The number of non-ortho nitro benzene ring substituents is 1. The van der Waals surface area contributed by atoms with E-state index in [1.165, 1.54) is 24.3 Å². The summed E-state index contributed by atoms with van der Waals surface area (Å²) >= 11 is 0. The smallest absolute Gasteiger partial charge is 0.269 e. The Kier molecular flexibility index (Phi) is 4.11. The molecule has 102 valence electrons. The lowest BCUT2D eigenvalue weighted by atomic mass is 9.97. The summed E-state index contributed by atoms with van der Waals surface area (Å²) in [5.41, 5.74) is 6.13. The molecule has 1 heterocycles. The number of nitro benzene ring substituents is 1. The number of benzene rings is 1. The van der Waals surface area contributed by atoms with E-state index in [0.29, 0.717) is 24.6 Å². The van der Waals surface area contributed by atoms with E-state index in [2.05, 4.69) is 0 Å². The monoisotopic (exact) mass is 263 g/mol. The molecule has 1 aliphatic heterocycles. The van der Waals surface area contributed by atoms with Crippen LogP contribution in [0.25, 0.3) is 0 Å². The molecule has 19 heavy (non-hydrogen) atoms. The number of rotatable bonds is 3. The van der Waals surface area contributed by atoms with Gasteiger partial charge in [0.15, 0.2) is 0 Å². The number of carbonyl (C=O) groups is 1. The van der Waals surface area contributed by atoms with Gasteiger partial charge in [-0.05, 0) is 37.4 Å². The number of amides is 1. The molecule has 1 unspecified atom stereocenters. The highest BCUT2D eigenvalue weighted by atomic mass is 16.6. The van der Waals surface area contributed by atoms with Crippen molar-refractivity contribution in [2.45, 2.75) is 12.8 Å². The zero-order valence-corrected chi connectivity index (χ0v) is 10.6. The fourth-order valence-electron chi connectivity index (χ4n) is 2.35. The summed E-state index contributed by atoms with van der Waals surface area (Å²) in [5, 5.41) is 10.6. The maximum atomic E-state index is 12.3. The molecule has 6 heteroatoms. The van der Waals surface area contributed by atoms with Gasteiger partial charge in [0, 0.05) is 30.8 Å². The predicted molar refractivity (Wildman–Crippen MR) is 70.8 cm³/mol. The van der Waals surface area contributed by atoms with Gasteiger partial charge in [0.2, 0.25) is 0 Å². The van der Waals surface area contributed by atoms with Crippen LogP contribution < -0.4 is 5.73 Å². The van der Waals surface area contributed by atoms with Gasteiger partial charge in [-0.2, -0.15) is 0 Å². The van der Waals surface area contributed by atoms with Gasteiger partial charge in [0.25, 0.3) is 11.6 Å². The predicted octanol–water partition coefficient (Wildman–Crippen LogP) is 1.41. The Morgan fingerprint density at radius 3 is 2.68 bits per heavy atom. The molecule has 0 spiro atoms. The van der Waals surface area contributed by atoms with Crippen molar-refractivity contribution in [1.82, 2.24) is 4.90 Å². The Morgan fingerprint density at radius 2 is 2.11 bits per heavy atom. The summed E-state index contributed by atoms with van der Waals surface area (Å²) in [6.07, 6.45) is 2.02. The third kappa shape index (κ3) is 3.08. The average molecular weight is 263 g/mol. The first-order valence-electron chi connectivity index (χ1n) is 6.35. The van der Waals surface area contributed by atoms with Crippen LogP contribution in [0.2, 0.25) is 0 Å². The Balaban J connectivity index is 2.08. The molecule has 2 rings (SSSR count). The van der Waals surface area contributed by atoms with Crippen molar-refractivity contribution in [2.75, 3.05) is 19.6 Å². The largest absolute Gasteiger partial charge is 0.338 e. The fourth-order valence-corrected chi connectivity index (χ4v) is 2.35. The molecule has 0 aliphatic carbocycles. The van der Waals surface area contributed by atoms with Crippen LogP contribution in [0, 0.1) is 16.0 Å². The Hall–Kier alpha value is -1.95. The number of nitrogens with zero attached hydrogens (tertiary/aromatic N) is 2. The van der Waals surface area contributed by atoms with Crippen molar-refractivity contribution in [3.63, 3.8) is 0 Å². The van der Waals surface area contributed by atoms with Gasteiger partial charge < -0.3 is 10.6 Å². The maximum Gasteiger partial charge on any atom is 0.269 e. The van der Waals surface area contributed by atoms with E-state index < -0.39 is 4.92 Å². The van der Waals surface area contributed by atoms with Crippen LogP contribution in [0.15, 0.2) is 24.3 Å². The van der Waals surface area contributed by atoms with Gasteiger partial charge in [-0.25, -0.2) is 0 Å². The van der Waals surface area contributed by atoms with Crippen molar-refractivity contribution in [3.05, 3.63) is 39.9 Å². The van der Waals surface area contributed by atoms with Gasteiger partial charge in [0.1, 0.15) is 0 Å². The summed E-state index contributed by atoms with van der Waals surface area (Å²) in [5.74, 6) is 0.281. The van der Waals surface area contributed by atoms with Gasteiger partial charge in [-0.1, -0.05) is 0 Å². The molecular weight excluding hydrogens is 246 g/mol. The van der Waals surface area contributed by atoms with E-state index >= 15 is 0 Å². The van der Waals surface area contributed by atoms with E-state index in [9.17, 15) is 14.9 Å². The molecular formula is C13H17N3O3. The Labute approximate surface area is 111 Å². The average Bonchev–Trinajstić information content (AvgIpc) is 2.46. The molecule has 0 aromatic heterocycles. The summed E-state index contributed by atoms with van der Waals surface area (Å²) in [6, 6.07) is 5.73.